The third kappa shape index (κ3) is 3.40. The molecule has 1 N–H and O–H groups in total. The number of amides is 3. The fraction of sp³-hybridized carbons (Fsp3) is 0.300. The SMILES string of the molecule is O=C1NCCN1c1ccc(C(=O)N(Cc2ccc(F)cc2)C2CC2)cc1. The van der Waals surface area contributed by atoms with Crippen molar-refractivity contribution in [2.45, 2.75) is 25.4 Å². The number of anilines is 1. The summed E-state index contributed by atoms with van der Waals surface area (Å²) in [5.74, 6) is -0.311. The van der Waals surface area contributed by atoms with Gasteiger partial charge in [0.2, 0.25) is 0 Å². The third-order valence-electron chi connectivity index (χ3n) is 4.80. The fourth-order valence-electron chi connectivity index (χ4n) is 3.21. The molecule has 1 saturated heterocycles. The minimum Gasteiger partial charge on any atom is -0.336 e. The molecule has 2 aromatic carbocycles. The number of hydrogen-bond acceptors (Lipinski definition) is 2. The molecule has 26 heavy (non-hydrogen) atoms. The molecule has 2 aromatic rings. The Labute approximate surface area is 151 Å². The Balaban J connectivity index is 1.50. The maximum absolute atomic E-state index is 13.1. The number of halogens is 1. The first-order valence-corrected chi connectivity index (χ1v) is 8.83. The molecule has 0 atom stereocenters. The van der Waals surface area contributed by atoms with Gasteiger partial charge in [0, 0.05) is 36.9 Å². The van der Waals surface area contributed by atoms with Gasteiger partial charge in [0.15, 0.2) is 0 Å². The van der Waals surface area contributed by atoms with E-state index in [9.17, 15) is 14.0 Å². The number of carbonyl (C=O) groups excluding carboxylic acids is 2. The molecule has 134 valence electrons. The van der Waals surface area contributed by atoms with Crippen molar-refractivity contribution in [2.24, 2.45) is 0 Å². The number of benzene rings is 2. The predicted molar refractivity (Wildman–Crippen MR) is 96.5 cm³/mol. The first kappa shape index (κ1) is 16.6. The normalized spacial score (nSPS) is 16.5. The van der Waals surface area contributed by atoms with Crippen molar-refractivity contribution in [3.63, 3.8) is 0 Å². The van der Waals surface area contributed by atoms with Gasteiger partial charge in [0.1, 0.15) is 5.82 Å². The van der Waals surface area contributed by atoms with Gasteiger partial charge in [-0.25, -0.2) is 9.18 Å². The number of carbonyl (C=O) groups is 2. The standard InChI is InChI=1S/C20H20FN3O2/c21-16-5-1-14(2-6-16)13-24(18-9-10-18)19(25)15-3-7-17(8-4-15)23-12-11-22-20(23)26/h1-8,18H,9-13H2,(H,22,26). The molecular formula is C20H20FN3O2. The quantitative estimate of drug-likeness (QED) is 0.898. The van der Waals surface area contributed by atoms with Crippen molar-refractivity contribution in [2.75, 3.05) is 18.0 Å². The molecule has 1 saturated carbocycles. The molecule has 5 nitrogen and oxygen atoms in total. The molecule has 2 fully saturated rings. The van der Waals surface area contributed by atoms with Crippen molar-refractivity contribution >= 4 is 17.6 Å². The summed E-state index contributed by atoms with van der Waals surface area (Å²) in [6, 6.07) is 13.5. The second-order valence-corrected chi connectivity index (χ2v) is 6.72. The zero-order valence-electron chi connectivity index (χ0n) is 14.3. The van der Waals surface area contributed by atoms with Crippen molar-refractivity contribution in [1.29, 1.82) is 0 Å². The second kappa shape index (κ2) is 6.78. The van der Waals surface area contributed by atoms with Crippen LogP contribution in [0.3, 0.4) is 0 Å². The number of nitrogens with zero attached hydrogens (tertiary/aromatic N) is 2. The molecule has 0 unspecified atom stereocenters. The maximum Gasteiger partial charge on any atom is 0.321 e. The maximum atomic E-state index is 13.1. The Morgan fingerprint density at radius 1 is 1.12 bits per heavy atom. The van der Waals surface area contributed by atoms with Gasteiger partial charge in [-0.2, -0.15) is 0 Å². The minimum absolute atomic E-state index is 0.0331. The van der Waals surface area contributed by atoms with E-state index in [1.54, 1.807) is 41.3 Å². The van der Waals surface area contributed by atoms with Crippen LogP contribution in [0.15, 0.2) is 48.5 Å². The van der Waals surface area contributed by atoms with Gasteiger partial charge in [-0.3, -0.25) is 9.69 Å². The highest BCUT2D eigenvalue weighted by atomic mass is 19.1. The second-order valence-electron chi connectivity index (χ2n) is 6.72. The van der Waals surface area contributed by atoms with Crippen LogP contribution < -0.4 is 10.2 Å². The van der Waals surface area contributed by atoms with E-state index in [1.807, 2.05) is 4.90 Å². The van der Waals surface area contributed by atoms with E-state index < -0.39 is 0 Å². The van der Waals surface area contributed by atoms with Crippen molar-refractivity contribution < 1.29 is 14.0 Å². The smallest absolute Gasteiger partial charge is 0.321 e. The van der Waals surface area contributed by atoms with Gasteiger partial charge in [0.25, 0.3) is 5.91 Å². The van der Waals surface area contributed by atoms with E-state index >= 15 is 0 Å². The van der Waals surface area contributed by atoms with Gasteiger partial charge in [-0.05, 0) is 54.8 Å². The Hall–Kier alpha value is -2.89. The van der Waals surface area contributed by atoms with Crippen LogP contribution >= 0.6 is 0 Å². The van der Waals surface area contributed by atoms with Crippen LogP contribution in [0.4, 0.5) is 14.9 Å². The predicted octanol–water partition coefficient (Wildman–Crippen LogP) is 3.16. The van der Waals surface area contributed by atoms with Crippen LogP contribution in [0.25, 0.3) is 0 Å². The minimum atomic E-state index is -0.278. The molecule has 0 radical (unpaired) electrons. The van der Waals surface area contributed by atoms with Crippen molar-refractivity contribution in [3.05, 3.63) is 65.5 Å². The van der Waals surface area contributed by atoms with Gasteiger partial charge >= 0.3 is 6.03 Å². The molecule has 0 bridgehead atoms. The number of nitrogens with one attached hydrogen (secondary N) is 1. The van der Waals surface area contributed by atoms with Crippen LogP contribution in [0, 0.1) is 5.82 Å². The van der Waals surface area contributed by atoms with Crippen molar-refractivity contribution in [3.8, 4) is 0 Å². The van der Waals surface area contributed by atoms with Crippen LogP contribution in [-0.2, 0) is 6.54 Å². The van der Waals surface area contributed by atoms with E-state index in [0.29, 0.717) is 25.2 Å². The average molecular weight is 353 g/mol. The Morgan fingerprint density at radius 2 is 1.81 bits per heavy atom. The van der Waals surface area contributed by atoms with E-state index in [-0.39, 0.29) is 23.8 Å². The van der Waals surface area contributed by atoms with Gasteiger partial charge in [0.05, 0.1) is 0 Å². The number of hydrogen-bond donors (Lipinski definition) is 1. The lowest BCUT2D eigenvalue weighted by Gasteiger charge is -2.23. The topological polar surface area (TPSA) is 52.7 Å². The van der Waals surface area contributed by atoms with E-state index in [2.05, 4.69) is 5.32 Å². The van der Waals surface area contributed by atoms with Crippen molar-refractivity contribution in [1.82, 2.24) is 10.2 Å². The number of urea groups is 1. The van der Waals surface area contributed by atoms with Gasteiger partial charge in [-0.15, -0.1) is 0 Å². The molecule has 3 amide bonds. The Kier molecular flexibility index (Phi) is 4.32. The third-order valence-corrected chi connectivity index (χ3v) is 4.80. The lowest BCUT2D eigenvalue weighted by molar-refractivity contribution is 0.0730. The van der Waals surface area contributed by atoms with Crippen LogP contribution in [0.1, 0.15) is 28.8 Å². The highest BCUT2D eigenvalue weighted by Crippen LogP contribution is 2.30. The molecule has 2 aliphatic rings. The molecule has 4 rings (SSSR count). The highest BCUT2D eigenvalue weighted by molar-refractivity contribution is 5.97. The van der Waals surface area contributed by atoms with E-state index in [4.69, 9.17) is 0 Å². The summed E-state index contributed by atoms with van der Waals surface area (Å²) in [4.78, 5) is 28.2. The monoisotopic (exact) mass is 353 g/mol. The molecule has 0 spiro atoms. The summed E-state index contributed by atoms with van der Waals surface area (Å²) in [5, 5.41) is 2.76. The fourth-order valence-corrected chi connectivity index (χ4v) is 3.21. The highest BCUT2D eigenvalue weighted by Gasteiger charge is 2.33. The number of rotatable bonds is 5. The van der Waals surface area contributed by atoms with Crippen LogP contribution in [-0.4, -0.2) is 36.0 Å². The lowest BCUT2D eigenvalue weighted by atomic mass is 10.1. The zero-order chi connectivity index (χ0) is 18.1. The van der Waals surface area contributed by atoms with Crippen LogP contribution in [0.2, 0.25) is 0 Å². The average Bonchev–Trinajstić information content (AvgIpc) is 3.41. The summed E-state index contributed by atoms with van der Waals surface area (Å²) in [7, 11) is 0. The van der Waals surface area contributed by atoms with E-state index in [1.165, 1.54) is 12.1 Å². The summed E-state index contributed by atoms with van der Waals surface area (Å²) in [6.45, 7) is 1.73. The molecular weight excluding hydrogens is 333 g/mol. The van der Waals surface area contributed by atoms with Crippen LogP contribution in [0.5, 0.6) is 0 Å². The summed E-state index contributed by atoms with van der Waals surface area (Å²) < 4.78 is 13.1. The molecule has 1 aliphatic heterocycles. The Morgan fingerprint density at radius 3 is 2.38 bits per heavy atom. The Bertz CT molecular complexity index is 816. The molecule has 6 heteroatoms. The first-order valence-electron chi connectivity index (χ1n) is 8.83. The van der Waals surface area contributed by atoms with Gasteiger partial charge in [-0.1, -0.05) is 12.1 Å². The summed E-state index contributed by atoms with van der Waals surface area (Å²) >= 11 is 0. The lowest BCUT2D eigenvalue weighted by Crippen LogP contribution is -2.32. The first-order chi connectivity index (χ1) is 12.6. The largest absolute Gasteiger partial charge is 0.336 e. The molecule has 0 aromatic heterocycles. The summed E-state index contributed by atoms with van der Waals surface area (Å²) in [5.41, 5.74) is 2.30. The molecule has 1 heterocycles. The zero-order valence-corrected chi connectivity index (χ0v) is 14.3. The summed E-state index contributed by atoms with van der Waals surface area (Å²) in [6.07, 6.45) is 2.00. The molecule has 1 aliphatic carbocycles. The van der Waals surface area contributed by atoms with Gasteiger partial charge < -0.3 is 10.2 Å². The van der Waals surface area contributed by atoms with E-state index in [0.717, 1.165) is 24.1 Å².